The molecule has 2 bridgehead atoms. The summed E-state index contributed by atoms with van der Waals surface area (Å²) in [6.45, 7) is 0. The molecule has 11 heteroatoms. The van der Waals surface area contributed by atoms with Crippen molar-refractivity contribution < 1.29 is 31.6 Å². The van der Waals surface area contributed by atoms with E-state index in [1.165, 1.54) is 0 Å². The lowest BCUT2D eigenvalue weighted by molar-refractivity contribution is -0.352. The lowest BCUT2D eigenvalue weighted by Gasteiger charge is -2.68. The molecule has 0 atom stereocenters. The SMILES string of the molecule is O=C(NC12CC(c3nnc([C@H]4C[C@@H](OC(F)(F)F)C4)o3)(C1)C2)c1cc(C2CC2)on1. The first-order chi connectivity index (χ1) is 14.2. The lowest BCUT2D eigenvalue weighted by Crippen LogP contribution is -2.76. The maximum absolute atomic E-state index is 12.5. The Morgan fingerprint density at radius 2 is 1.90 bits per heavy atom. The molecule has 160 valence electrons. The molecular formula is C19H19F3N4O4. The van der Waals surface area contributed by atoms with E-state index in [2.05, 4.69) is 25.4 Å². The number of nitrogens with one attached hydrogen (secondary N) is 1. The van der Waals surface area contributed by atoms with Gasteiger partial charge in [-0.05, 0) is 44.9 Å². The Kier molecular flexibility index (Phi) is 3.57. The molecule has 7 rings (SSSR count). The van der Waals surface area contributed by atoms with Gasteiger partial charge in [-0.1, -0.05) is 5.16 Å². The molecule has 0 radical (unpaired) electrons. The highest BCUT2D eigenvalue weighted by atomic mass is 19.4. The summed E-state index contributed by atoms with van der Waals surface area (Å²) in [6.07, 6.45) is -0.788. The van der Waals surface area contributed by atoms with Crippen LogP contribution in [0.3, 0.4) is 0 Å². The molecule has 0 saturated heterocycles. The minimum atomic E-state index is -4.62. The van der Waals surface area contributed by atoms with Gasteiger partial charge in [-0.3, -0.25) is 9.53 Å². The molecule has 0 unspecified atom stereocenters. The van der Waals surface area contributed by atoms with Gasteiger partial charge in [-0.15, -0.1) is 23.4 Å². The number of ether oxygens (including phenoxy) is 1. The molecule has 0 aliphatic heterocycles. The lowest BCUT2D eigenvalue weighted by atomic mass is 9.39. The van der Waals surface area contributed by atoms with Crippen LogP contribution >= 0.6 is 0 Å². The summed E-state index contributed by atoms with van der Waals surface area (Å²) in [6, 6.07) is 1.72. The van der Waals surface area contributed by atoms with Gasteiger partial charge in [0.1, 0.15) is 5.76 Å². The van der Waals surface area contributed by atoms with E-state index in [-0.39, 0.29) is 35.6 Å². The molecule has 2 heterocycles. The third-order valence-corrected chi connectivity index (χ3v) is 6.79. The Morgan fingerprint density at radius 1 is 1.17 bits per heavy atom. The van der Waals surface area contributed by atoms with Gasteiger partial charge in [0, 0.05) is 23.4 Å². The number of amides is 1. The summed E-state index contributed by atoms with van der Waals surface area (Å²) >= 11 is 0. The van der Waals surface area contributed by atoms with Crippen molar-refractivity contribution in [1.82, 2.24) is 20.7 Å². The zero-order valence-electron chi connectivity index (χ0n) is 15.9. The number of alkyl halides is 3. The molecule has 2 aromatic rings. The average molecular weight is 424 g/mol. The number of aromatic nitrogens is 3. The molecule has 0 spiro atoms. The van der Waals surface area contributed by atoms with Crippen molar-refractivity contribution in [1.29, 1.82) is 0 Å². The van der Waals surface area contributed by atoms with Crippen LogP contribution in [0.15, 0.2) is 15.0 Å². The standard InChI is InChI=1S/C19H19F3N4O4/c20-19(21,22)29-11-3-10(4-11)15-24-25-16(28-15)17-6-18(7-17,8-17)23-14(27)12-5-13(30-26-12)9-1-2-9/h5,9-11H,1-4,6-8H2,(H,23,27)/t10-,11+,17?,18?. The second kappa shape index (κ2) is 5.83. The van der Waals surface area contributed by atoms with E-state index < -0.39 is 12.5 Å². The third-order valence-electron chi connectivity index (χ3n) is 6.79. The molecular weight excluding hydrogens is 405 g/mol. The number of carbonyl (C=O) groups excluding carboxylic acids is 1. The van der Waals surface area contributed by atoms with Crippen LogP contribution in [0.1, 0.15) is 84.8 Å². The topological polar surface area (TPSA) is 103 Å². The molecule has 30 heavy (non-hydrogen) atoms. The minimum absolute atomic E-state index is 0.201. The molecule has 1 N–H and O–H groups in total. The normalized spacial score (nSPS) is 34.6. The zero-order chi connectivity index (χ0) is 20.7. The quantitative estimate of drug-likeness (QED) is 0.759. The van der Waals surface area contributed by atoms with Crippen molar-refractivity contribution in [2.75, 3.05) is 0 Å². The van der Waals surface area contributed by atoms with Crippen LogP contribution in [-0.4, -0.2) is 39.3 Å². The zero-order valence-corrected chi connectivity index (χ0v) is 15.9. The van der Waals surface area contributed by atoms with Crippen LogP contribution < -0.4 is 5.32 Å². The fourth-order valence-electron chi connectivity index (χ4n) is 5.08. The van der Waals surface area contributed by atoms with E-state index >= 15 is 0 Å². The predicted octanol–water partition coefficient (Wildman–Crippen LogP) is 3.32. The molecule has 5 saturated carbocycles. The average Bonchev–Trinajstić information content (AvgIpc) is 3.12. The molecule has 5 aliphatic carbocycles. The van der Waals surface area contributed by atoms with E-state index in [1.807, 2.05) is 0 Å². The molecule has 0 aromatic carbocycles. The first-order valence-electron chi connectivity index (χ1n) is 10.1. The second-order valence-electron chi connectivity index (χ2n) is 9.23. The van der Waals surface area contributed by atoms with Crippen LogP contribution in [0.5, 0.6) is 0 Å². The Balaban J connectivity index is 1.03. The summed E-state index contributed by atoms with van der Waals surface area (Å²) in [5.74, 6) is 1.60. The highest BCUT2D eigenvalue weighted by Crippen LogP contribution is 2.67. The first kappa shape index (κ1) is 18.3. The summed E-state index contributed by atoms with van der Waals surface area (Å²) < 4.78 is 51.7. The first-order valence-corrected chi connectivity index (χ1v) is 10.1. The Bertz CT molecular complexity index is 986. The van der Waals surface area contributed by atoms with Crippen LogP contribution in [0, 0.1) is 0 Å². The minimum Gasteiger partial charge on any atom is -0.424 e. The van der Waals surface area contributed by atoms with Gasteiger partial charge in [-0.25, -0.2) is 0 Å². The van der Waals surface area contributed by atoms with E-state index in [9.17, 15) is 18.0 Å². The summed E-state index contributed by atoms with van der Waals surface area (Å²) in [5, 5.41) is 15.1. The van der Waals surface area contributed by atoms with Gasteiger partial charge in [0.05, 0.1) is 11.5 Å². The summed E-state index contributed by atoms with van der Waals surface area (Å²) in [4.78, 5) is 12.5. The molecule has 1 amide bonds. The van der Waals surface area contributed by atoms with E-state index in [1.54, 1.807) is 6.07 Å². The van der Waals surface area contributed by atoms with Crippen LogP contribution in [0.4, 0.5) is 13.2 Å². The van der Waals surface area contributed by atoms with Gasteiger partial charge in [0.25, 0.3) is 5.91 Å². The molecule has 2 aromatic heterocycles. The number of nitrogens with zero attached hydrogens (tertiary/aromatic N) is 3. The fourth-order valence-corrected chi connectivity index (χ4v) is 5.08. The number of halogens is 3. The van der Waals surface area contributed by atoms with Crippen molar-refractivity contribution in [2.45, 2.75) is 80.2 Å². The van der Waals surface area contributed by atoms with E-state index in [4.69, 9.17) is 8.94 Å². The number of rotatable bonds is 6. The van der Waals surface area contributed by atoms with Gasteiger partial charge in [-0.2, -0.15) is 0 Å². The van der Waals surface area contributed by atoms with Gasteiger partial charge < -0.3 is 14.3 Å². The van der Waals surface area contributed by atoms with Gasteiger partial charge in [0.2, 0.25) is 11.8 Å². The fraction of sp³-hybridized carbons (Fsp3) is 0.684. The van der Waals surface area contributed by atoms with Crippen molar-refractivity contribution in [2.24, 2.45) is 0 Å². The second-order valence-corrected chi connectivity index (χ2v) is 9.23. The van der Waals surface area contributed by atoms with Crippen LogP contribution in [0.2, 0.25) is 0 Å². The summed E-state index contributed by atoms with van der Waals surface area (Å²) in [7, 11) is 0. The number of hydrogen-bond acceptors (Lipinski definition) is 7. The van der Waals surface area contributed by atoms with Gasteiger partial charge >= 0.3 is 6.36 Å². The van der Waals surface area contributed by atoms with E-state index in [0.29, 0.717) is 42.7 Å². The van der Waals surface area contributed by atoms with Crippen LogP contribution in [0.25, 0.3) is 0 Å². The van der Waals surface area contributed by atoms with Crippen LogP contribution in [-0.2, 0) is 10.2 Å². The maximum atomic E-state index is 12.5. The molecule has 5 fully saturated rings. The van der Waals surface area contributed by atoms with Crippen molar-refractivity contribution in [3.63, 3.8) is 0 Å². The van der Waals surface area contributed by atoms with Crippen molar-refractivity contribution >= 4 is 5.91 Å². The van der Waals surface area contributed by atoms with E-state index in [0.717, 1.165) is 18.6 Å². The number of carbonyl (C=O) groups is 1. The highest BCUT2D eigenvalue weighted by molar-refractivity contribution is 5.93. The smallest absolute Gasteiger partial charge is 0.424 e. The Morgan fingerprint density at radius 3 is 2.57 bits per heavy atom. The molecule has 8 nitrogen and oxygen atoms in total. The predicted molar refractivity (Wildman–Crippen MR) is 91.4 cm³/mol. The van der Waals surface area contributed by atoms with Crippen molar-refractivity contribution in [3.05, 3.63) is 29.3 Å². The monoisotopic (exact) mass is 424 g/mol. The van der Waals surface area contributed by atoms with Gasteiger partial charge in [0.15, 0.2) is 5.69 Å². The molecule has 5 aliphatic rings. The van der Waals surface area contributed by atoms with Crippen molar-refractivity contribution in [3.8, 4) is 0 Å². The maximum Gasteiger partial charge on any atom is 0.522 e. The number of hydrogen-bond donors (Lipinski definition) is 1. The Hall–Kier alpha value is -2.43. The summed E-state index contributed by atoms with van der Waals surface area (Å²) in [5.41, 5.74) is -0.226. The highest BCUT2D eigenvalue weighted by Gasteiger charge is 2.72. The third kappa shape index (κ3) is 2.93. The largest absolute Gasteiger partial charge is 0.522 e. The Labute approximate surface area is 168 Å².